The molecule has 0 aliphatic carbocycles. The minimum atomic E-state index is 0.258. The Balaban J connectivity index is 2.66. The van der Waals surface area contributed by atoms with Crippen LogP contribution in [-0.4, -0.2) is 17.3 Å². The van der Waals surface area contributed by atoms with Gasteiger partial charge < -0.3 is 0 Å². The molecule has 0 bridgehead atoms. The summed E-state index contributed by atoms with van der Waals surface area (Å²) in [5, 5.41) is 5.79. The molecule has 1 aliphatic rings. The predicted octanol–water partition coefficient (Wildman–Crippen LogP) is 0.574. The Hall–Kier alpha value is -0.450. The standard InChI is InChI=1S/C4H6Cl2N4/c1-7-10-2-3(5)4(6)8-9-10/h2,7,9H,1H3. The molecule has 0 saturated heterocycles. The van der Waals surface area contributed by atoms with Crippen LogP contribution in [0.1, 0.15) is 0 Å². The second kappa shape index (κ2) is 3.09. The van der Waals surface area contributed by atoms with Crippen molar-refractivity contribution in [2.75, 3.05) is 7.05 Å². The third-order valence-electron chi connectivity index (χ3n) is 0.936. The second-order valence-corrected chi connectivity index (χ2v) is 2.34. The Kier molecular flexibility index (Phi) is 2.37. The zero-order chi connectivity index (χ0) is 7.56. The zero-order valence-electron chi connectivity index (χ0n) is 5.23. The molecule has 0 saturated carbocycles. The van der Waals surface area contributed by atoms with E-state index in [-0.39, 0.29) is 5.17 Å². The summed E-state index contributed by atoms with van der Waals surface area (Å²) >= 11 is 11.1. The first-order valence-corrected chi connectivity index (χ1v) is 3.33. The molecule has 0 spiro atoms. The van der Waals surface area contributed by atoms with Crippen LogP contribution in [-0.2, 0) is 0 Å². The van der Waals surface area contributed by atoms with Crippen molar-refractivity contribution in [2.24, 2.45) is 5.10 Å². The molecule has 6 heteroatoms. The number of hydrazone groups is 1. The summed E-state index contributed by atoms with van der Waals surface area (Å²) in [6, 6.07) is 0. The summed E-state index contributed by atoms with van der Waals surface area (Å²) in [6.07, 6.45) is 1.58. The van der Waals surface area contributed by atoms with Gasteiger partial charge in [-0.3, -0.25) is 0 Å². The Bertz CT molecular complexity index is 188. The van der Waals surface area contributed by atoms with Crippen LogP contribution in [0, 0.1) is 0 Å². The van der Waals surface area contributed by atoms with E-state index in [0.29, 0.717) is 5.03 Å². The van der Waals surface area contributed by atoms with Gasteiger partial charge in [0.1, 0.15) is 0 Å². The average molecular weight is 181 g/mol. The summed E-state index contributed by atoms with van der Waals surface area (Å²) in [5.41, 5.74) is 5.32. The largest absolute Gasteiger partial charge is 0.217 e. The first kappa shape index (κ1) is 7.65. The quantitative estimate of drug-likeness (QED) is 0.621. The summed E-state index contributed by atoms with van der Waals surface area (Å²) < 4.78 is 0. The molecule has 0 aromatic heterocycles. The smallest absolute Gasteiger partial charge is 0.171 e. The molecule has 0 radical (unpaired) electrons. The number of nitrogens with zero attached hydrogens (tertiary/aromatic N) is 2. The highest BCUT2D eigenvalue weighted by Gasteiger charge is 2.08. The lowest BCUT2D eigenvalue weighted by Crippen LogP contribution is -2.41. The maximum Gasteiger partial charge on any atom is 0.171 e. The fraction of sp³-hybridized carbons (Fsp3) is 0.250. The van der Waals surface area contributed by atoms with Gasteiger partial charge in [-0.05, 0) is 0 Å². The molecular weight excluding hydrogens is 175 g/mol. The van der Waals surface area contributed by atoms with Crippen LogP contribution in [0.4, 0.5) is 0 Å². The fourth-order valence-electron chi connectivity index (χ4n) is 0.461. The van der Waals surface area contributed by atoms with Crippen molar-refractivity contribution in [1.82, 2.24) is 16.1 Å². The molecule has 0 unspecified atom stereocenters. The van der Waals surface area contributed by atoms with Gasteiger partial charge in [0, 0.05) is 7.05 Å². The van der Waals surface area contributed by atoms with Gasteiger partial charge in [0.2, 0.25) is 0 Å². The highest BCUT2D eigenvalue weighted by Crippen LogP contribution is 2.10. The molecule has 0 amide bonds. The zero-order valence-corrected chi connectivity index (χ0v) is 6.74. The van der Waals surface area contributed by atoms with Gasteiger partial charge in [-0.1, -0.05) is 23.2 Å². The summed E-state index contributed by atoms with van der Waals surface area (Å²) in [4.78, 5) is 0. The van der Waals surface area contributed by atoms with Crippen molar-refractivity contribution in [2.45, 2.75) is 0 Å². The van der Waals surface area contributed by atoms with Crippen LogP contribution in [0.5, 0.6) is 0 Å². The third-order valence-corrected chi connectivity index (χ3v) is 1.60. The number of allylic oxidation sites excluding steroid dienone is 1. The molecular formula is C4H6Cl2N4. The fourth-order valence-corrected chi connectivity index (χ4v) is 0.688. The predicted molar refractivity (Wildman–Crippen MR) is 41.3 cm³/mol. The van der Waals surface area contributed by atoms with Crippen molar-refractivity contribution in [3.63, 3.8) is 0 Å². The number of halogens is 2. The molecule has 10 heavy (non-hydrogen) atoms. The number of hydrogen-bond acceptors (Lipinski definition) is 4. The van der Waals surface area contributed by atoms with Gasteiger partial charge in [-0.15, -0.1) is 5.10 Å². The van der Waals surface area contributed by atoms with E-state index in [9.17, 15) is 0 Å². The van der Waals surface area contributed by atoms with Crippen LogP contribution in [0.2, 0.25) is 0 Å². The van der Waals surface area contributed by atoms with Crippen LogP contribution in [0.25, 0.3) is 0 Å². The van der Waals surface area contributed by atoms with Gasteiger partial charge >= 0.3 is 0 Å². The van der Waals surface area contributed by atoms with Crippen molar-refractivity contribution < 1.29 is 0 Å². The Morgan fingerprint density at radius 2 is 2.40 bits per heavy atom. The number of hydrogen-bond donors (Lipinski definition) is 2. The molecule has 1 aliphatic heterocycles. The Morgan fingerprint density at radius 1 is 1.70 bits per heavy atom. The number of hydrazine groups is 2. The maximum atomic E-state index is 5.62. The van der Waals surface area contributed by atoms with Crippen molar-refractivity contribution in [3.05, 3.63) is 11.2 Å². The van der Waals surface area contributed by atoms with E-state index >= 15 is 0 Å². The minimum absolute atomic E-state index is 0.258. The van der Waals surface area contributed by atoms with Gasteiger partial charge in [0.25, 0.3) is 0 Å². The van der Waals surface area contributed by atoms with E-state index in [1.807, 2.05) is 0 Å². The summed E-state index contributed by atoms with van der Waals surface area (Å²) in [6.45, 7) is 0. The van der Waals surface area contributed by atoms with Gasteiger partial charge in [0.05, 0.1) is 11.2 Å². The molecule has 1 heterocycles. The van der Waals surface area contributed by atoms with Gasteiger partial charge in [-0.2, -0.15) is 0 Å². The normalized spacial score (nSPS) is 17.7. The van der Waals surface area contributed by atoms with Crippen LogP contribution < -0.4 is 11.0 Å². The number of rotatable bonds is 1. The van der Waals surface area contributed by atoms with Gasteiger partial charge in [-0.25, -0.2) is 16.1 Å². The molecule has 56 valence electrons. The van der Waals surface area contributed by atoms with Crippen molar-refractivity contribution in [1.29, 1.82) is 0 Å². The molecule has 2 N–H and O–H groups in total. The first-order chi connectivity index (χ1) is 4.74. The Labute approximate surface area is 68.4 Å². The van der Waals surface area contributed by atoms with E-state index in [4.69, 9.17) is 23.2 Å². The van der Waals surface area contributed by atoms with Crippen LogP contribution >= 0.6 is 23.2 Å². The van der Waals surface area contributed by atoms with E-state index in [1.165, 1.54) is 5.12 Å². The monoisotopic (exact) mass is 180 g/mol. The highest BCUT2D eigenvalue weighted by atomic mass is 35.5. The summed E-state index contributed by atoms with van der Waals surface area (Å²) in [5.74, 6) is 0. The first-order valence-electron chi connectivity index (χ1n) is 2.57. The lowest BCUT2D eigenvalue weighted by Gasteiger charge is -2.20. The molecule has 0 aromatic rings. The van der Waals surface area contributed by atoms with Crippen molar-refractivity contribution in [3.8, 4) is 0 Å². The van der Waals surface area contributed by atoms with Crippen molar-refractivity contribution >= 4 is 28.4 Å². The maximum absolute atomic E-state index is 5.62. The lowest BCUT2D eigenvalue weighted by atomic mass is 10.6. The van der Waals surface area contributed by atoms with Crippen LogP contribution in [0.15, 0.2) is 16.3 Å². The minimum Gasteiger partial charge on any atom is -0.217 e. The Morgan fingerprint density at radius 3 is 2.90 bits per heavy atom. The average Bonchev–Trinajstić information content (AvgIpc) is 1.95. The second-order valence-electron chi connectivity index (χ2n) is 1.57. The van der Waals surface area contributed by atoms with E-state index < -0.39 is 0 Å². The van der Waals surface area contributed by atoms with E-state index in [1.54, 1.807) is 13.2 Å². The molecule has 0 aromatic carbocycles. The lowest BCUT2D eigenvalue weighted by molar-refractivity contribution is 0.207. The van der Waals surface area contributed by atoms with Crippen LogP contribution in [0.3, 0.4) is 0 Å². The highest BCUT2D eigenvalue weighted by molar-refractivity contribution is 6.75. The topological polar surface area (TPSA) is 39.7 Å². The number of nitrogens with one attached hydrogen (secondary N) is 2. The van der Waals surface area contributed by atoms with E-state index in [0.717, 1.165) is 0 Å². The van der Waals surface area contributed by atoms with Gasteiger partial charge in [0.15, 0.2) is 5.17 Å². The SMILES string of the molecule is CNN1C=C(Cl)C(Cl)=NN1. The molecule has 4 nitrogen and oxygen atoms in total. The molecule has 0 fully saturated rings. The molecule has 1 rings (SSSR count). The van der Waals surface area contributed by atoms with E-state index in [2.05, 4.69) is 16.1 Å². The third kappa shape index (κ3) is 1.53. The molecule has 0 atom stereocenters. The summed E-state index contributed by atoms with van der Waals surface area (Å²) in [7, 11) is 1.72.